The summed E-state index contributed by atoms with van der Waals surface area (Å²) in [5, 5.41) is 9.31. The molecule has 108 valence electrons. The molecule has 1 amide bonds. The molecular formula is C14H18N2O4. The zero-order valence-corrected chi connectivity index (χ0v) is 11.5. The molecule has 6 nitrogen and oxygen atoms in total. The highest BCUT2D eigenvalue weighted by Gasteiger charge is 2.37. The average Bonchev–Trinajstić information content (AvgIpc) is 2.37. The van der Waals surface area contributed by atoms with Crippen molar-refractivity contribution >= 4 is 11.9 Å². The number of aryl methyl sites for hydroxylation is 1. The highest BCUT2D eigenvalue weighted by atomic mass is 16.4. The number of nitrogens with one attached hydrogen (secondary N) is 1. The Morgan fingerprint density at radius 1 is 1.40 bits per heavy atom. The SMILES string of the molecule is Cc1ccc(C(=O)N2CCCC(C)C2C(=O)O)c(=O)[nH]1. The molecule has 0 saturated carbocycles. The number of pyridine rings is 1. The Labute approximate surface area is 116 Å². The standard InChI is InChI=1S/C14H18N2O4/c1-8-4-3-7-16(11(8)14(19)20)13(18)10-6-5-9(2)15-12(10)17/h5-6,8,11H,3-4,7H2,1-2H3,(H,15,17)(H,19,20). The third-order valence-electron chi connectivity index (χ3n) is 3.73. The second-order valence-electron chi connectivity index (χ2n) is 5.29. The molecule has 0 spiro atoms. The maximum atomic E-state index is 12.4. The van der Waals surface area contributed by atoms with Crippen molar-refractivity contribution in [2.24, 2.45) is 5.92 Å². The van der Waals surface area contributed by atoms with E-state index in [1.54, 1.807) is 13.0 Å². The number of carbonyl (C=O) groups is 2. The molecule has 2 rings (SSSR count). The Morgan fingerprint density at radius 2 is 2.10 bits per heavy atom. The lowest BCUT2D eigenvalue weighted by Crippen LogP contribution is -2.52. The minimum Gasteiger partial charge on any atom is -0.480 e. The van der Waals surface area contributed by atoms with Crippen molar-refractivity contribution in [3.8, 4) is 0 Å². The van der Waals surface area contributed by atoms with Crippen LogP contribution in [0.5, 0.6) is 0 Å². The zero-order valence-electron chi connectivity index (χ0n) is 11.5. The van der Waals surface area contributed by atoms with E-state index in [2.05, 4.69) is 4.98 Å². The van der Waals surface area contributed by atoms with Crippen LogP contribution in [-0.2, 0) is 4.79 Å². The number of carbonyl (C=O) groups excluding carboxylic acids is 1. The van der Waals surface area contributed by atoms with Gasteiger partial charge in [0.15, 0.2) is 0 Å². The monoisotopic (exact) mass is 278 g/mol. The van der Waals surface area contributed by atoms with Gasteiger partial charge in [0.25, 0.3) is 11.5 Å². The van der Waals surface area contributed by atoms with E-state index in [0.717, 1.165) is 12.8 Å². The van der Waals surface area contributed by atoms with Crippen LogP contribution >= 0.6 is 0 Å². The Bertz CT molecular complexity index is 593. The predicted octanol–water partition coefficient (Wildman–Crippen LogP) is 1.01. The second kappa shape index (κ2) is 5.48. The van der Waals surface area contributed by atoms with Gasteiger partial charge in [-0.2, -0.15) is 0 Å². The molecule has 0 aliphatic carbocycles. The third-order valence-corrected chi connectivity index (χ3v) is 3.73. The summed E-state index contributed by atoms with van der Waals surface area (Å²) in [5.74, 6) is -1.64. The van der Waals surface area contributed by atoms with Crippen LogP contribution in [0.15, 0.2) is 16.9 Å². The van der Waals surface area contributed by atoms with Crippen molar-refractivity contribution in [3.63, 3.8) is 0 Å². The van der Waals surface area contributed by atoms with E-state index in [1.165, 1.54) is 11.0 Å². The first-order valence-electron chi connectivity index (χ1n) is 6.65. The molecule has 0 bridgehead atoms. The molecule has 2 atom stereocenters. The maximum Gasteiger partial charge on any atom is 0.326 e. The number of rotatable bonds is 2. The number of piperidine rings is 1. The summed E-state index contributed by atoms with van der Waals surface area (Å²) in [4.78, 5) is 39.5. The number of nitrogens with zero attached hydrogens (tertiary/aromatic N) is 1. The van der Waals surface area contributed by atoms with E-state index in [4.69, 9.17) is 0 Å². The molecule has 1 aromatic heterocycles. The fourth-order valence-corrected chi connectivity index (χ4v) is 2.69. The Balaban J connectivity index is 2.35. The van der Waals surface area contributed by atoms with Crippen LogP contribution in [0, 0.1) is 12.8 Å². The highest BCUT2D eigenvalue weighted by molar-refractivity contribution is 5.96. The Hall–Kier alpha value is -2.11. The molecule has 0 radical (unpaired) electrons. The molecule has 2 unspecified atom stereocenters. The minimum absolute atomic E-state index is 0.00375. The first kappa shape index (κ1) is 14.3. The molecule has 20 heavy (non-hydrogen) atoms. The largest absolute Gasteiger partial charge is 0.480 e. The van der Waals surface area contributed by atoms with Crippen LogP contribution in [0.25, 0.3) is 0 Å². The van der Waals surface area contributed by atoms with E-state index in [1.807, 2.05) is 6.92 Å². The lowest BCUT2D eigenvalue weighted by molar-refractivity contribution is -0.145. The molecule has 1 aromatic rings. The second-order valence-corrected chi connectivity index (χ2v) is 5.29. The number of aromatic amines is 1. The van der Waals surface area contributed by atoms with Crippen LogP contribution < -0.4 is 5.56 Å². The summed E-state index contributed by atoms with van der Waals surface area (Å²) < 4.78 is 0. The molecule has 6 heteroatoms. The van der Waals surface area contributed by atoms with Crippen molar-refractivity contribution in [1.82, 2.24) is 9.88 Å². The first-order valence-corrected chi connectivity index (χ1v) is 6.65. The summed E-state index contributed by atoms with van der Waals surface area (Å²) in [6.45, 7) is 3.91. The average molecular weight is 278 g/mol. The van der Waals surface area contributed by atoms with Gasteiger partial charge in [0.05, 0.1) is 0 Å². The maximum absolute atomic E-state index is 12.4. The molecular weight excluding hydrogens is 260 g/mol. The number of carboxylic acid groups (broad SMARTS) is 1. The number of carboxylic acids is 1. The van der Waals surface area contributed by atoms with Gasteiger partial charge in [0.1, 0.15) is 11.6 Å². The van der Waals surface area contributed by atoms with E-state index < -0.39 is 23.5 Å². The van der Waals surface area contributed by atoms with Gasteiger partial charge in [-0.05, 0) is 37.8 Å². The van der Waals surface area contributed by atoms with Crippen molar-refractivity contribution in [3.05, 3.63) is 33.7 Å². The molecule has 1 saturated heterocycles. The number of likely N-dealkylation sites (tertiary alicyclic amines) is 1. The Kier molecular flexibility index (Phi) is 3.92. The molecule has 2 heterocycles. The van der Waals surface area contributed by atoms with Gasteiger partial charge < -0.3 is 15.0 Å². The van der Waals surface area contributed by atoms with Gasteiger partial charge >= 0.3 is 5.97 Å². The fourth-order valence-electron chi connectivity index (χ4n) is 2.69. The molecule has 2 N–H and O–H groups in total. The fraction of sp³-hybridized carbons (Fsp3) is 0.500. The van der Waals surface area contributed by atoms with Crippen molar-refractivity contribution in [2.75, 3.05) is 6.54 Å². The number of amides is 1. The molecule has 1 fully saturated rings. The first-order chi connectivity index (χ1) is 9.41. The lowest BCUT2D eigenvalue weighted by atomic mass is 9.90. The smallest absolute Gasteiger partial charge is 0.326 e. The van der Waals surface area contributed by atoms with Crippen LogP contribution in [-0.4, -0.2) is 39.5 Å². The number of aromatic nitrogens is 1. The van der Waals surface area contributed by atoms with Gasteiger partial charge in [0, 0.05) is 12.2 Å². The van der Waals surface area contributed by atoms with Gasteiger partial charge in [0.2, 0.25) is 0 Å². The summed E-state index contributed by atoms with van der Waals surface area (Å²) in [6, 6.07) is 2.23. The molecule has 0 aromatic carbocycles. The van der Waals surface area contributed by atoms with E-state index in [9.17, 15) is 19.5 Å². The van der Waals surface area contributed by atoms with Crippen molar-refractivity contribution in [1.29, 1.82) is 0 Å². The number of aliphatic carboxylic acids is 1. The number of hydrogen-bond acceptors (Lipinski definition) is 3. The highest BCUT2D eigenvalue weighted by Crippen LogP contribution is 2.24. The predicted molar refractivity (Wildman–Crippen MR) is 72.7 cm³/mol. The minimum atomic E-state index is -1.02. The topological polar surface area (TPSA) is 90.5 Å². The quantitative estimate of drug-likeness (QED) is 0.844. The lowest BCUT2D eigenvalue weighted by Gasteiger charge is -2.37. The van der Waals surface area contributed by atoms with Gasteiger partial charge in [-0.25, -0.2) is 4.79 Å². The summed E-state index contributed by atoms with van der Waals surface area (Å²) in [7, 11) is 0. The summed E-state index contributed by atoms with van der Waals surface area (Å²) in [6.07, 6.45) is 1.52. The third kappa shape index (κ3) is 2.59. The van der Waals surface area contributed by atoms with Crippen molar-refractivity contribution in [2.45, 2.75) is 32.7 Å². The zero-order chi connectivity index (χ0) is 14.9. The van der Waals surface area contributed by atoms with Crippen LogP contribution in [0.2, 0.25) is 0 Å². The number of H-pyrrole nitrogens is 1. The van der Waals surface area contributed by atoms with Gasteiger partial charge in [-0.3, -0.25) is 9.59 Å². The van der Waals surface area contributed by atoms with Crippen LogP contribution in [0.1, 0.15) is 35.8 Å². The van der Waals surface area contributed by atoms with E-state index in [-0.39, 0.29) is 11.5 Å². The van der Waals surface area contributed by atoms with Crippen molar-refractivity contribution < 1.29 is 14.7 Å². The van der Waals surface area contributed by atoms with Crippen LogP contribution in [0.3, 0.4) is 0 Å². The summed E-state index contributed by atoms with van der Waals surface area (Å²) >= 11 is 0. The van der Waals surface area contributed by atoms with Crippen LogP contribution in [0.4, 0.5) is 0 Å². The van der Waals surface area contributed by atoms with Gasteiger partial charge in [-0.15, -0.1) is 0 Å². The Morgan fingerprint density at radius 3 is 2.70 bits per heavy atom. The molecule has 1 aliphatic rings. The normalized spacial score (nSPS) is 22.6. The van der Waals surface area contributed by atoms with Gasteiger partial charge in [-0.1, -0.05) is 6.92 Å². The van der Waals surface area contributed by atoms with E-state index >= 15 is 0 Å². The van der Waals surface area contributed by atoms with E-state index in [0.29, 0.717) is 12.2 Å². The number of hydrogen-bond donors (Lipinski definition) is 2. The molecule has 1 aliphatic heterocycles. The summed E-state index contributed by atoms with van der Waals surface area (Å²) in [5.41, 5.74) is 0.182.